The predicted molar refractivity (Wildman–Crippen MR) is 102 cm³/mol. The van der Waals surface area contributed by atoms with Gasteiger partial charge in [-0.05, 0) is 38.9 Å². The molecule has 0 atom stereocenters. The first-order chi connectivity index (χ1) is 12.8. The lowest BCUT2D eigenvalue weighted by Gasteiger charge is -2.15. The van der Waals surface area contributed by atoms with Crippen molar-refractivity contribution in [3.63, 3.8) is 0 Å². The average Bonchev–Trinajstić information content (AvgIpc) is 3.16. The van der Waals surface area contributed by atoms with Crippen molar-refractivity contribution < 1.29 is 4.79 Å². The topological polar surface area (TPSA) is 98.3 Å². The second-order valence-corrected chi connectivity index (χ2v) is 7.02. The van der Waals surface area contributed by atoms with Gasteiger partial charge < -0.3 is 10.2 Å². The number of carbonyl (C=O) groups excluding carboxylic acids is 1. The lowest BCUT2D eigenvalue weighted by molar-refractivity contribution is 0.0953. The van der Waals surface area contributed by atoms with E-state index in [1.807, 2.05) is 0 Å². The molecule has 0 aromatic carbocycles. The van der Waals surface area contributed by atoms with E-state index in [-0.39, 0.29) is 16.6 Å². The van der Waals surface area contributed by atoms with Gasteiger partial charge in [-0.1, -0.05) is 0 Å². The summed E-state index contributed by atoms with van der Waals surface area (Å²) in [4.78, 5) is 52.1. The molecule has 2 aromatic heterocycles. The zero-order chi connectivity index (χ0) is 19.7. The Hall–Kier alpha value is -2.68. The SMILES string of the molecule is Cn1c(=O)c2c(C(=O)NCCCN3CCCC3)cc(=O)n(C)c2n(C)c1=O. The minimum atomic E-state index is -0.592. The predicted octanol–water partition coefficient (Wildman–Crippen LogP) is -0.848. The summed E-state index contributed by atoms with van der Waals surface area (Å²) in [5.74, 6) is -0.477. The van der Waals surface area contributed by atoms with Crippen LogP contribution in [0.2, 0.25) is 0 Å². The van der Waals surface area contributed by atoms with Gasteiger partial charge in [0.05, 0.1) is 10.9 Å². The number of hydrogen-bond donors (Lipinski definition) is 1. The zero-order valence-electron chi connectivity index (χ0n) is 15.9. The van der Waals surface area contributed by atoms with Crippen LogP contribution in [-0.4, -0.2) is 50.7 Å². The van der Waals surface area contributed by atoms with Crippen molar-refractivity contribution in [2.75, 3.05) is 26.2 Å². The summed E-state index contributed by atoms with van der Waals surface area (Å²) >= 11 is 0. The monoisotopic (exact) mass is 375 g/mol. The van der Waals surface area contributed by atoms with Crippen molar-refractivity contribution in [1.82, 2.24) is 23.9 Å². The summed E-state index contributed by atoms with van der Waals surface area (Å²) in [6.07, 6.45) is 3.23. The van der Waals surface area contributed by atoms with E-state index in [1.54, 1.807) is 0 Å². The number of hydrogen-bond acceptors (Lipinski definition) is 5. The largest absolute Gasteiger partial charge is 0.352 e. The van der Waals surface area contributed by atoms with Crippen molar-refractivity contribution in [3.8, 4) is 0 Å². The quantitative estimate of drug-likeness (QED) is 0.687. The first kappa shape index (κ1) is 19.1. The van der Waals surface area contributed by atoms with Crippen LogP contribution in [0, 0.1) is 0 Å². The minimum Gasteiger partial charge on any atom is -0.352 e. The molecule has 3 heterocycles. The van der Waals surface area contributed by atoms with Gasteiger partial charge in [0, 0.05) is 33.8 Å². The highest BCUT2D eigenvalue weighted by Gasteiger charge is 2.20. The van der Waals surface area contributed by atoms with Crippen molar-refractivity contribution in [1.29, 1.82) is 0 Å². The van der Waals surface area contributed by atoms with Crippen LogP contribution in [0.4, 0.5) is 0 Å². The van der Waals surface area contributed by atoms with Crippen LogP contribution in [0.25, 0.3) is 11.0 Å². The van der Waals surface area contributed by atoms with Crippen LogP contribution in [0.3, 0.4) is 0 Å². The molecule has 0 radical (unpaired) electrons. The third-order valence-corrected chi connectivity index (χ3v) is 5.20. The van der Waals surface area contributed by atoms with Gasteiger partial charge in [-0.25, -0.2) is 4.79 Å². The molecule has 1 amide bonds. The van der Waals surface area contributed by atoms with Crippen molar-refractivity contribution in [2.24, 2.45) is 21.1 Å². The molecule has 1 aliphatic heterocycles. The Morgan fingerprint density at radius 3 is 2.37 bits per heavy atom. The Morgan fingerprint density at radius 2 is 1.70 bits per heavy atom. The summed E-state index contributed by atoms with van der Waals surface area (Å²) in [6, 6.07) is 1.16. The molecule has 1 saturated heterocycles. The lowest BCUT2D eigenvalue weighted by atomic mass is 10.1. The van der Waals surface area contributed by atoms with Gasteiger partial charge in [0.2, 0.25) is 0 Å². The Morgan fingerprint density at radius 1 is 1.04 bits per heavy atom. The number of nitrogens with zero attached hydrogens (tertiary/aromatic N) is 4. The van der Waals surface area contributed by atoms with Gasteiger partial charge in [-0.2, -0.15) is 0 Å². The number of rotatable bonds is 5. The number of likely N-dealkylation sites (tertiary alicyclic amines) is 1. The lowest BCUT2D eigenvalue weighted by Crippen LogP contribution is -2.41. The van der Waals surface area contributed by atoms with Crippen molar-refractivity contribution in [2.45, 2.75) is 19.3 Å². The normalized spacial score (nSPS) is 14.8. The van der Waals surface area contributed by atoms with E-state index in [9.17, 15) is 19.2 Å². The Labute approximate surface area is 155 Å². The fourth-order valence-electron chi connectivity index (χ4n) is 3.64. The summed E-state index contributed by atoms with van der Waals surface area (Å²) in [7, 11) is 4.30. The molecule has 146 valence electrons. The first-order valence-corrected chi connectivity index (χ1v) is 9.13. The van der Waals surface area contributed by atoms with Gasteiger partial charge in [-0.3, -0.25) is 28.1 Å². The maximum absolute atomic E-state index is 12.7. The highest BCUT2D eigenvalue weighted by molar-refractivity contribution is 6.05. The van der Waals surface area contributed by atoms with Crippen molar-refractivity contribution in [3.05, 3.63) is 42.8 Å². The number of fused-ring (bicyclic) bond motifs is 1. The molecule has 27 heavy (non-hydrogen) atoms. The second kappa shape index (κ2) is 7.51. The zero-order valence-corrected chi connectivity index (χ0v) is 15.9. The van der Waals surface area contributed by atoms with E-state index >= 15 is 0 Å². The molecule has 0 unspecified atom stereocenters. The van der Waals surface area contributed by atoms with Gasteiger partial charge in [-0.15, -0.1) is 0 Å². The number of amides is 1. The first-order valence-electron chi connectivity index (χ1n) is 9.13. The summed E-state index contributed by atoms with van der Waals surface area (Å²) in [6.45, 7) is 3.56. The Kier molecular flexibility index (Phi) is 5.31. The van der Waals surface area contributed by atoms with E-state index in [4.69, 9.17) is 0 Å². The minimum absolute atomic E-state index is 0.00507. The number of carbonyl (C=O) groups is 1. The number of aromatic nitrogens is 3. The molecule has 0 saturated carbocycles. The van der Waals surface area contributed by atoms with Crippen LogP contribution in [0.1, 0.15) is 29.6 Å². The molecular formula is C18H25N5O4. The Balaban J connectivity index is 1.93. The van der Waals surface area contributed by atoms with Gasteiger partial charge >= 0.3 is 5.69 Å². The fraction of sp³-hybridized carbons (Fsp3) is 0.556. The maximum Gasteiger partial charge on any atom is 0.332 e. The maximum atomic E-state index is 12.7. The van der Waals surface area contributed by atoms with E-state index in [1.165, 1.54) is 43.1 Å². The highest BCUT2D eigenvalue weighted by Crippen LogP contribution is 2.11. The van der Waals surface area contributed by atoms with Crippen LogP contribution in [0.15, 0.2) is 20.4 Å². The molecule has 2 aromatic rings. The molecule has 0 bridgehead atoms. The molecule has 9 heteroatoms. The molecule has 1 N–H and O–H groups in total. The van der Waals surface area contributed by atoms with E-state index < -0.39 is 22.7 Å². The Bertz CT molecular complexity index is 1060. The van der Waals surface area contributed by atoms with Gasteiger partial charge in [0.25, 0.3) is 17.0 Å². The standard InChI is InChI=1S/C18H25N5O4/c1-20-13(24)11-12(14-16(20)21(2)18(27)22(3)17(14)26)15(25)19-7-6-10-23-8-4-5-9-23/h11H,4-10H2,1-3H3,(H,19,25). The molecule has 1 aliphatic rings. The third kappa shape index (κ3) is 3.46. The molecule has 0 aliphatic carbocycles. The van der Waals surface area contributed by atoms with Gasteiger partial charge in [0.15, 0.2) is 0 Å². The molecular weight excluding hydrogens is 350 g/mol. The molecule has 9 nitrogen and oxygen atoms in total. The fourth-order valence-corrected chi connectivity index (χ4v) is 3.64. The smallest absolute Gasteiger partial charge is 0.332 e. The molecule has 0 spiro atoms. The van der Waals surface area contributed by atoms with E-state index in [0.29, 0.717) is 6.54 Å². The number of nitrogens with one attached hydrogen (secondary N) is 1. The van der Waals surface area contributed by atoms with Crippen LogP contribution in [0.5, 0.6) is 0 Å². The summed E-state index contributed by atoms with van der Waals surface area (Å²) < 4.78 is 3.36. The van der Waals surface area contributed by atoms with Gasteiger partial charge in [0.1, 0.15) is 5.65 Å². The molecule has 3 rings (SSSR count). The summed E-state index contributed by atoms with van der Waals surface area (Å²) in [5.41, 5.74) is -1.45. The van der Waals surface area contributed by atoms with Crippen molar-refractivity contribution >= 4 is 16.9 Å². The number of pyridine rings is 1. The second-order valence-electron chi connectivity index (χ2n) is 7.02. The van der Waals surface area contributed by atoms with Crippen LogP contribution in [-0.2, 0) is 21.1 Å². The summed E-state index contributed by atoms with van der Waals surface area (Å²) in [5, 5.41) is 2.86. The van der Waals surface area contributed by atoms with Crippen LogP contribution < -0.4 is 22.1 Å². The average molecular weight is 375 g/mol. The highest BCUT2D eigenvalue weighted by atomic mass is 16.2. The van der Waals surface area contributed by atoms with E-state index in [2.05, 4.69) is 10.2 Å². The van der Waals surface area contributed by atoms with Crippen LogP contribution >= 0.6 is 0 Å². The molecule has 1 fully saturated rings. The van der Waals surface area contributed by atoms with E-state index in [0.717, 1.165) is 36.7 Å². The third-order valence-electron chi connectivity index (χ3n) is 5.20. The number of aryl methyl sites for hydroxylation is 2.